The van der Waals surface area contributed by atoms with Gasteiger partial charge in [-0.05, 0) is 66.3 Å². The molecule has 0 aliphatic heterocycles. The van der Waals surface area contributed by atoms with Gasteiger partial charge in [0, 0.05) is 11.1 Å². The quantitative estimate of drug-likeness (QED) is 0.527. The van der Waals surface area contributed by atoms with Gasteiger partial charge in [0.2, 0.25) is 0 Å². The molecule has 0 spiro atoms. The van der Waals surface area contributed by atoms with E-state index in [1.807, 2.05) is 12.1 Å². The van der Waals surface area contributed by atoms with E-state index in [2.05, 4.69) is 31.8 Å². The van der Waals surface area contributed by atoms with Crippen LogP contribution in [-0.4, -0.2) is 26.7 Å². The van der Waals surface area contributed by atoms with Crippen LogP contribution in [0, 0.1) is 11.8 Å². The maximum atomic E-state index is 12.8. The molecule has 30 heavy (non-hydrogen) atoms. The molecule has 5 heteroatoms. The van der Waals surface area contributed by atoms with E-state index in [4.69, 9.17) is 4.74 Å². The number of sulfone groups is 1. The topological polar surface area (TPSA) is 60.4 Å². The van der Waals surface area contributed by atoms with Crippen molar-refractivity contribution in [2.24, 2.45) is 0 Å². The number of benzene rings is 2. The molecule has 0 aromatic heterocycles. The summed E-state index contributed by atoms with van der Waals surface area (Å²) in [6, 6.07) is 10.5. The van der Waals surface area contributed by atoms with Crippen molar-refractivity contribution in [1.82, 2.24) is 0 Å². The second-order valence-electron chi connectivity index (χ2n) is 7.88. The van der Waals surface area contributed by atoms with Crippen LogP contribution in [0.4, 0.5) is 0 Å². The largest absolute Gasteiger partial charge is 0.462 e. The summed E-state index contributed by atoms with van der Waals surface area (Å²) >= 11 is 0. The lowest BCUT2D eigenvalue weighted by Gasteiger charge is -2.31. The smallest absolute Gasteiger partial charge is 0.338 e. The first-order chi connectivity index (χ1) is 14.2. The maximum absolute atomic E-state index is 12.8. The van der Waals surface area contributed by atoms with Crippen molar-refractivity contribution in [3.05, 3.63) is 70.3 Å². The minimum absolute atomic E-state index is 0.0471. The van der Waals surface area contributed by atoms with Crippen LogP contribution in [0.25, 0.3) is 6.08 Å². The van der Waals surface area contributed by atoms with Crippen molar-refractivity contribution in [2.75, 3.05) is 12.4 Å². The van der Waals surface area contributed by atoms with Crippen LogP contribution in [0.3, 0.4) is 0 Å². The van der Waals surface area contributed by atoms with E-state index in [1.165, 1.54) is 0 Å². The minimum Gasteiger partial charge on any atom is -0.462 e. The summed E-state index contributed by atoms with van der Waals surface area (Å²) in [5, 5.41) is 0. The molecule has 4 nitrogen and oxygen atoms in total. The summed E-state index contributed by atoms with van der Waals surface area (Å²) in [5.41, 5.74) is 3.38. The highest BCUT2D eigenvalue weighted by atomic mass is 32.2. The Balaban J connectivity index is 2.03. The zero-order valence-electron chi connectivity index (χ0n) is 17.8. The normalized spacial score (nSPS) is 14.4. The van der Waals surface area contributed by atoms with Crippen LogP contribution in [-0.2, 0) is 20.0 Å². The molecule has 0 bridgehead atoms. The number of rotatable bonds is 4. The number of esters is 1. The van der Waals surface area contributed by atoms with Gasteiger partial charge in [0.1, 0.15) is 0 Å². The van der Waals surface area contributed by atoms with Gasteiger partial charge in [0.15, 0.2) is 9.84 Å². The molecule has 0 fully saturated rings. The third-order valence-corrected chi connectivity index (χ3v) is 6.95. The van der Waals surface area contributed by atoms with E-state index >= 15 is 0 Å². The molecule has 2 aromatic rings. The van der Waals surface area contributed by atoms with Gasteiger partial charge in [0.05, 0.1) is 22.8 Å². The van der Waals surface area contributed by atoms with E-state index in [1.54, 1.807) is 44.2 Å². The van der Waals surface area contributed by atoms with Crippen molar-refractivity contribution in [2.45, 2.75) is 44.4 Å². The lowest BCUT2D eigenvalue weighted by molar-refractivity contribution is 0.0526. The molecule has 156 valence electrons. The van der Waals surface area contributed by atoms with Crippen LogP contribution >= 0.6 is 0 Å². The summed E-state index contributed by atoms with van der Waals surface area (Å²) < 4.78 is 30.6. The molecule has 0 saturated carbocycles. The molecule has 0 saturated heterocycles. The van der Waals surface area contributed by atoms with Crippen LogP contribution in [0.15, 0.2) is 47.4 Å². The highest BCUT2D eigenvalue weighted by Crippen LogP contribution is 2.40. The molecule has 0 atom stereocenters. The van der Waals surface area contributed by atoms with Gasteiger partial charge in [-0.3, -0.25) is 0 Å². The van der Waals surface area contributed by atoms with Crippen molar-refractivity contribution in [3.8, 4) is 11.8 Å². The molecular weight excluding hydrogens is 396 g/mol. The minimum atomic E-state index is -3.39. The Hall–Kier alpha value is -2.84. The third-order valence-electron chi connectivity index (χ3n) is 5.20. The number of hydrogen-bond acceptors (Lipinski definition) is 4. The average molecular weight is 423 g/mol. The van der Waals surface area contributed by atoms with E-state index < -0.39 is 9.84 Å². The molecule has 1 aliphatic rings. The first-order valence-electron chi connectivity index (χ1n) is 10.0. The van der Waals surface area contributed by atoms with Crippen LogP contribution in [0.5, 0.6) is 0 Å². The van der Waals surface area contributed by atoms with Crippen molar-refractivity contribution in [3.63, 3.8) is 0 Å². The second-order valence-corrected chi connectivity index (χ2v) is 10.1. The predicted octanol–water partition coefficient (Wildman–Crippen LogP) is 4.75. The molecule has 0 unspecified atom stereocenters. The Bertz CT molecular complexity index is 1160. The fraction of sp³-hybridized carbons (Fsp3) is 0.320. The van der Waals surface area contributed by atoms with Gasteiger partial charge in [-0.2, -0.15) is 0 Å². The second kappa shape index (κ2) is 8.49. The van der Waals surface area contributed by atoms with E-state index in [9.17, 15) is 13.2 Å². The van der Waals surface area contributed by atoms with Crippen LogP contribution in [0.2, 0.25) is 0 Å². The number of hydrogen-bond donors (Lipinski definition) is 0. The Morgan fingerprint density at radius 1 is 1.07 bits per heavy atom. The Labute approximate surface area is 178 Å². The summed E-state index contributed by atoms with van der Waals surface area (Å²) in [5.74, 6) is 5.83. The van der Waals surface area contributed by atoms with E-state index in [0.717, 1.165) is 23.1 Å². The van der Waals surface area contributed by atoms with Gasteiger partial charge < -0.3 is 4.74 Å². The van der Waals surface area contributed by atoms with Gasteiger partial charge in [-0.1, -0.05) is 44.8 Å². The molecule has 0 radical (unpaired) electrons. The fourth-order valence-electron chi connectivity index (χ4n) is 3.60. The zero-order chi connectivity index (χ0) is 21.9. The molecular formula is C25H26O4S. The van der Waals surface area contributed by atoms with Gasteiger partial charge in [0.25, 0.3) is 0 Å². The lowest BCUT2D eigenvalue weighted by atomic mass is 9.75. The SMILES string of the molecule is CCOC(=O)c1ccc(C#Cc2cc3c(c(S(=O)(=O)CC)c2)C(C)(C)CC=C3)cc1. The maximum Gasteiger partial charge on any atom is 0.338 e. The highest BCUT2D eigenvalue weighted by Gasteiger charge is 2.32. The first-order valence-corrected chi connectivity index (χ1v) is 11.7. The Morgan fingerprint density at radius 3 is 2.37 bits per heavy atom. The summed E-state index contributed by atoms with van der Waals surface area (Å²) in [4.78, 5) is 12.1. The lowest BCUT2D eigenvalue weighted by Crippen LogP contribution is -2.24. The monoisotopic (exact) mass is 422 g/mol. The number of ether oxygens (including phenoxy) is 1. The van der Waals surface area contributed by atoms with Crippen molar-refractivity contribution < 1.29 is 17.9 Å². The standard InChI is InChI=1S/C25H26O4S/c1-5-29-24(26)20-13-11-18(12-14-20)9-10-19-16-21-8-7-15-25(3,4)23(21)22(17-19)30(27,28)6-2/h7-8,11-14,16-17H,5-6,15H2,1-4H3. The van der Waals surface area contributed by atoms with Gasteiger partial charge in [-0.25, -0.2) is 13.2 Å². The third kappa shape index (κ3) is 4.49. The van der Waals surface area contributed by atoms with Crippen LogP contribution < -0.4 is 0 Å². The van der Waals surface area contributed by atoms with Crippen LogP contribution in [0.1, 0.15) is 66.7 Å². The number of carbonyl (C=O) groups excluding carboxylic acids is 1. The number of allylic oxidation sites excluding steroid dienone is 1. The first kappa shape index (κ1) is 21.9. The average Bonchev–Trinajstić information content (AvgIpc) is 2.72. The highest BCUT2D eigenvalue weighted by molar-refractivity contribution is 7.91. The summed E-state index contributed by atoms with van der Waals surface area (Å²) in [7, 11) is -3.39. The zero-order valence-corrected chi connectivity index (χ0v) is 18.6. The molecule has 0 amide bonds. The van der Waals surface area contributed by atoms with Crippen molar-refractivity contribution >= 4 is 21.9 Å². The van der Waals surface area contributed by atoms with Crippen molar-refractivity contribution in [1.29, 1.82) is 0 Å². The molecule has 0 heterocycles. The Morgan fingerprint density at radius 2 is 1.73 bits per heavy atom. The molecule has 2 aromatic carbocycles. The number of carbonyl (C=O) groups is 1. The predicted molar refractivity (Wildman–Crippen MR) is 119 cm³/mol. The summed E-state index contributed by atoms with van der Waals surface area (Å²) in [6.07, 6.45) is 4.86. The van der Waals surface area contributed by atoms with E-state index in [0.29, 0.717) is 22.6 Å². The molecule has 1 aliphatic carbocycles. The fourth-order valence-corrected chi connectivity index (χ4v) is 4.92. The van der Waals surface area contributed by atoms with E-state index in [-0.39, 0.29) is 17.1 Å². The summed E-state index contributed by atoms with van der Waals surface area (Å²) in [6.45, 7) is 7.89. The molecule has 3 rings (SSSR count). The molecule has 0 N–H and O–H groups in total. The Kier molecular flexibility index (Phi) is 6.19. The number of fused-ring (bicyclic) bond motifs is 1. The van der Waals surface area contributed by atoms with Gasteiger partial charge in [-0.15, -0.1) is 0 Å². The van der Waals surface area contributed by atoms with Gasteiger partial charge >= 0.3 is 5.97 Å².